The van der Waals surface area contributed by atoms with Crippen molar-refractivity contribution in [1.82, 2.24) is 10.2 Å². The average Bonchev–Trinajstić information content (AvgIpc) is 2.76. The number of ether oxygens (including phenoxy) is 1. The van der Waals surface area contributed by atoms with Crippen LogP contribution in [-0.2, 0) is 23.1 Å². The van der Waals surface area contributed by atoms with E-state index in [0.717, 1.165) is 6.26 Å². The highest BCUT2D eigenvalue weighted by Gasteiger charge is 2.11. The number of benzene rings is 1. The summed E-state index contributed by atoms with van der Waals surface area (Å²) >= 11 is 3.31. The first-order chi connectivity index (χ1) is 9.41. The fourth-order valence-corrected chi connectivity index (χ4v) is 2.59. The molecule has 2 rings (SSSR count). The predicted octanol–water partition coefficient (Wildman–Crippen LogP) is 1.65. The van der Waals surface area contributed by atoms with Gasteiger partial charge in [-0.05, 0) is 40.2 Å². The smallest absolute Gasteiger partial charge is 0.175 e. The van der Waals surface area contributed by atoms with Crippen LogP contribution < -0.4 is 4.74 Å². The number of sulfone groups is 1. The molecule has 0 bridgehead atoms. The monoisotopic (exact) mass is 360 g/mol. The van der Waals surface area contributed by atoms with Crippen molar-refractivity contribution in [3.8, 4) is 5.75 Å². The Kier molecular flexibility index (Phi) is 4.46. The van der Waals surface area contributed by atoms with Crippen LogP contribution in [0.1, 0.15) is 11.4 Å². The summed E-state index contributed by atoms with van der Waals surface area (Å²) in [6, 6.07) is 6.15. The van der Waals surface area contributed by atoms with Crippen molar-refractivity contribution in [2.24, 2.45) is 0 Å². The van der Waals surface area contributed by atoms with Crippen LogP contribution in [0, 0.1) is 0 Å². The maximum Gasteiger partial charge on any atom is 0.175 e. The maximum atomic E-state index is 11.3. The van der Waals surface area contributed by atoms with E-state index in [4.69, 9.17) is 9.84 Å². The maximum absolute atomic E-state index is 11.3. The van der Waals surface area contributed by atoms with E-state index in [0.29, 0.717) is 21.6 Å². The molecule has 0 aliphatic heterocycles. The molecule has 108 valence electrons. The molecule has 0 spiro atoms. The van der Waals surface area contributed by atoms with Crippen molar-refractivity contribution >= 4 is 25.8 Å². The van der Waals surface area contributed by atoms with Gasteiger partial charge in [-0.15, -0.1) is 0 Å². The SMILES string of the molecule is CS(=O)(=O)c1ccc(OCc2n[nH]c(CO)c2Br)cc1. The summed E-state index contributed by atoms with van der Waals surface area (Å²) in [6.07, 6.45) is 1.15. The second-order valence-electron chi connectivity index (χ2n) is 4.15. The molecule has 6 nitrogen and oxygen atoms in total. The fraction of sp³-hybridized carbons (Fsp3) is 0.250. The Morgan fingerprint density at radius 3 is 2.50 bits per heavy atom. The molecule has 1 aromatic heterocycles. The van der Waals surface area contributed by atoms with Crippen LogP contribution in [0.25, 0.3) is 0 Å². The molecule has 0 aliphatic carbocycles. The van der Waals surface area contributed by atoms with Gasteiger partial charge in [0.1, 0.15) is 18.1 Å². The lowest BCUT2D eigenvalue weighted by Crippen LogP contribution is -1.99. The van der Waals surface area contributed by atoms with E-state index >= 15 is 0 Å². The molecule has 0 saturated carbocycles. The topological polar surface area (TPSA) is 92.3 Å². The third kappa shape index (κ3) is 3.38. The summed E-state index contributed by atoms with van der Waals surface area (Å²) in [5, 5.41) is 15.7. The van der Waals surface area contributed by atoms with Crippen LogP contribution in [0.3, 0.4) is 0 Å². The van der Waals surface area contributed by atoms with Gasteiger partial charge >= 0.3 is 0 Å². The quantitative estimate of drug-likeness (QED) is 0.845. The molecule has 0 aliphatic rings. The average molecular weight is 361 g/mol. The van der Waals surface area contributed by atoms with Gasteiger partial charge in [-0.1, -0.05) is 0 Å². The van der Waals surface area contributed by atoms with Gasteiger partial charge in [-0.25, -0.2) is 8.42 Å². The Hall–Kier alpha value is -1.38. The van der Waals surface area contributed by atoms with Gasteiger partial charge in [0.2, 0.25) is 0 Å². The van der Waals surface area contributed by atoms with Crippen LogP contribution in [-0.4, -0.2) is 30.0 Å². The summed E-state index contributed by atoms with van der Waals surface area (Å²) < 4.78 is 28.8. The van der Waals surface area contributed by atoms with Crippen molar-refractivity contribution in [2.75, 3.05) is 6.26 Å². The van der Waals surface area contributed by atoms with Gasteiger partial charge in [0.15, 0.2) is 9.84 Å². The van der Waals surface area contributed by atoms with Crippen LogP contribution in [0.2, 0.25) is 0 Å². The number of hydrogen-bond acceptors (Lipinski definition) is 5. The molecule has 2 aromatic rings. The predicted molar refractivity (Wildman–Crippen MR) is 76.1 cm³/mol. The van der Waals surface area contributed by atoms with E-state index in [1.165, 1.54) is 12.1 Å². The molecule has 0 unspecified atom stereocenters. The van der Waals surface area contributed by atoms with Crippen LogP contribution >= 0.6 is 15.9 Å². The first-order valence-corrected chi connectivity index (χ1v) is 8.35. The van der Waals surface area contributed by atoms with Crippen LogP contribution in [0.4, 0.5) is 0 Å². The molecule has 0 saturated heterocycles. The number of rotatable bonds is 5. The van der Waals surface area contributed by atoms with Crippen molar-refractivity contribution in [1.29, 1.82) is 0 Å². The lowest BCUT2D eigenvalue weighted by molar-refractivity contribution is 0.276. The van der Waals surface area contributed by atoms with E-state index in [9.17, 15) is 8.42 Å². The van der Waals surface area contributed by atoms with Gasteiger partial charge in [0.25, 0.3) is 0 Å². The zero-order chi connectivity index (χ0) is 14.8. The Balaban J connectivity index is 2.06. The van der Waals surface area contributed by atoms with Crippen molar-refractivity contribution in [2.45, 2.75) is 18.1 Å². The molecule has 0 amide bonds. The zero-order valence-corrected chi connectivity index (χ0v) is 13.0. The number of aliphatic hydroxyl groups excluding tert-OH is 1. The van der Waals surface area contributed by atoms with E-state index in [1.807, 2.05) is 0 Å². The number of hydrogen-bond donors (Lipinski definition) is 2. The minimum Gasteiger partial charge on any atom is -0.487 e. The van der Waals surface area contributed by atoms with E-state index in [1.54, 1.807) is 12.1 Å². The minimum absolute atomic E-state index is 0.142. The summed E-state index contributed by atoms with van der Waals surface area (Å²) in [7, 11) is -3.20. The Bertz CT molecular complexity index is 695. The minimum atomic E-state index is -3.20. The molecular formula is C12H13BrN2O4S. The zero-order valence-electron chi connectivity index (χ0n) is 10.6. The van der Waals surface area contributed by atoms with E-state index in [-0.39, 0.29) is 18.1 Å². The third-order valence-electron chi connectivity index (χ3n) is 2.63. The van der Waals surface area contributed by atoms with Crippen LogP contribution in [0.15, 0.2) is 33.6 Å². The highest BCUT2D eigenvalue weighted by molar-refractivity contribution is 9.10. The van der Waals surface area contributed by atoms with Crippen molar-refractivity contribution in [3.63, 3.8) is 0 Å². The number of aromatic amines is 1. The van der Waals surface area contributed by atoms with Gasteiger partial charge < -0.3 is 9.84 Å². The van der Waals surface area contributed by atoms with Crippen molar-refractivity contribution < 1.29 is 18.3 Å². The molecule has 0 atom stereocenters. The molecule has 0 radical (unpaired) electrons. The standard InChI is InChI=1S/C12H13BrN2O4S/c1-20(17,18)9-4-2-8(3-5-9)19-7-11-12(13)10(6-16)14-15-11/h2-5,16H,6-7H2,1H3,(H,14,15). The number of aromatic nitrogens is 2. The van der Waals surface area contributed by atoms with Crippen LogP contribution in [0.5, 0.6) is 5.75 Å². The summed E-state index contributed by atoms with van der Waals surface area (Å²) in [5.74, 6) is 0.540. The lowest BCUT2D eigenvalue weighted by atomic mass is 10.3. The first-order valence-electron chi connectivity index (χ1n) is 5.67. The second-order valence-corrected chi connectivity index (χ2v) is 6.96. The Morgan fingerprint density at radius 1 is 1.35 bits per heavy atom. The molecule has 8 heteroatoms. The number of nitrogens with one attached hydrogen (secondary N) is 1. The van der Waals surface area contributed by atoms with Gasteiger partial charge in [0.05, 0.1) is 21.7 Å². The summed E-state index contributed by atoms with van der Waals surface area (Å²) in [6.45, 7) is 0.0615. The van der Waals surface area contributed by atoms with E-state index < -0.39 is 9.84 Å². The van der Waals surface area contributed by atoms with E-state index in [2.05, 4.69) is 26.1 Å². The highest BCUT2D eigenvalue weighted by atomic mass is 79.9. The lowest BCUT2D eigenvalue weighted by Gasteiger charge is -2.05. The third-order valence-corrected chi connectivity index (χ3v) is 4.69. The normalized spacial score (nSPS) is 11.6. The van der Waals surface area contributed by atoms with Crippen molar-refractivity contribution in [3.05, 3.63) is 40.1 Å². The summed E-state index contributed by atoms with van der Waals surface area (Å²) in [5.41, 5.74) is 1.21. The first kappa shape index (κ1) is 15.0. The Labute approximate surface area is 124 Å². The highest BCUT2D eigenvalue weighted by Crippen LogP contribution is 2.22. The van der Waals surface area contributed by atoms with Gasteiger partial charge in [-0.2, -0.15) is 5.10 Å². The van der Waals surface area contributed by atoms with Gasteiger partial charge in [0, 0.05) is 6.26 Å². The number of halogens is 1. The second kappa shape index (κ2) is 5.94. The Morgan fingerprint density at radius 2 is 2.00 bits per heavy atom. The molecular weight excluding hydrogens is 348 g/mol. The molecule has 20 heavy (non-hydrogen) atoms. The summed E-state index contributed by atoms with van der Waals surface area (Å²) in [4.78, 5) is 0.244. The largest absolute Gasteiger partial charge is 0.487 e. The fourth-order valence-electron chi connectivity index (χ4n) is 1.54. The number of H-pyrrole nitrogens is 1. The molecule has 0 fully saturated rings. The number of aliphatic hydroxyl groups is 1. The molecule has 1 aromatic carbocycles. The number of nitrogens with zero attached hydrogens (tertiary/aromatic N) is 1. The molecule has 1 heterocycles. The molecule has 2 N–H and O–H groups in total. The van der Waals surface area contributed by atoms with Gasteiger partial charge in [-0.3, -0.25) is 5.10 Å².